The highest BCUT2D eigenvalue weighted by atomic mass is 16.6. The smallest absolute Gasteiger partial charge is 0.408 e. The summed E-state index contributed by atoms with van der Waals surface area (Å²) < 4.78 is 10.4. The van der Waals surface area contributed by atoms with E-state index in [4.69, 9.17) is 9.47 Å². The Labute approximate surface area is 155 Å². The molecule has 26 heavy (non-hydrogen) atoms. The van der Waals surface area contributed by atoms with Gasteiger partial charge in [0, 0.05) is 31.9 Å². The number of anilines is 1. The van der Waals surface area contributed by atoms with Crippen molar-refractivity contribution in [1.82, 2.24) is 10.2 Å². The number of ether oxygens (including phenoxy) is 2. The second-order valence-electron chi connectivity index (χ2n) is 7.38. The molecule has 1 aromatic rings. The molecule has 1 aliphatic rings. The van der Waals surface area contributed by atoms with Gasteiger partial charge in [-0.1, -0.05) is 0 Å². The Morgan fingerprint density at radius 2 is 1.65 bits per heavy atom. The number of hydrogen-bond acceptors (Lipinski definition) is 5. The van der Waals surface area contributed by atoms with Crippen LogP contribution in [-0.2, 0) is 9.53 Å². The van der Waals surface area contributed by atoms with E-state index in [9.17, 15) is 9.59 Å². The minimum absolute atomic E-state index is 0.0924. The van der Waals surface area contributed by atoms with Crippen LogP contribution in [-0.4, -0.2) is 61.8 Å². The second-order valence-corrected chi connectivity index (χ2v) is 7.38. The molecule has 0 unspecified atom stereocenters. The van der Waals surface area contributed by atoms with Gasteiger partial charge in [0.1, 0.15) is 17.4 Å². The van der Waals surface area contributed by atoms with Crippen LogP contribution in [0.15, 0.2) is 24.3 Å². The van der Waals surface area contributed by atoms with E-state index in [1.54, 1.807) is 39.7 Å². The third-order valence-corrected chi connectivity index (χ3v) is 4.13. The molecule has 1 N–H and O–H groups in total. The predicted molar refractivity (Wildman–Crippen MR) is 101 cm³/mol. The fourth-order valence-corrected chi connectivity index (χ4v) is 2.80. The molecule has 0 aliphatic carbocycles. The number of amides is 2. The number of nitrogens with zero attached hydrogens (tertiary/aromatic N) is 2. The third kappa shape index (κ3) is 5.54. The first-order valence-electron chi connectivity index (χ1n) is 8.87. The molecule has 2 amide bonds. The van der Waals surface area contributed by atoms with Crippen LogP contribution >= 0.6 is 0 Å². The number of piperazine rings is 1. The number of alkyl carbamates (subject to hydrolysis) is 1. The molecule has 0 aromatic heterocycles. The van der Waals surface area contributed by atoms with Crippen molar-refractivity contribution >= 4 is 17.7 Å². The van der Waals surface area contributed by atoms with E-state index in [1.165, 1.54) is 0 Å². The molecular formula is C19H29N3O4. The molecule has 0 bridgehead atoms. The topological polar surface area (TPSA) is 71.1 Å². The van der Waals surface area contributed by atoms with E-state index in [0.717, 1.165) is 24.5 Å². The Morgan fingerprint density at radius 3 is 2.15 bits per heavy atom. The monoisotopic (exact) mass is 363 g/mol. The Bertz CT molecular complexity index is 617. The fourth-order valence-electron chi connectivity index (χ4n) is 2.80. The van der Waals surface area contributed by atoms with Gasteiger partial charge in [0.2, 0.25) is 5.91 Å². The summed E-state index contributed by atoms with van der Waals surface area (Å²) in [4.78, 5) is 28.4. The zero-order chi connectivity index (χ0) is 19.3. The normalized spacial score (nSPS) is 16.0. The summed E-state index contributed by atoms with van der Waals surface area (Å²) in [6.45, 7) is 9.78. The largest absolute Gasteiger partial charge is 0.497 e. The van der Waals surface area contributed by atoms with E-state index in [1.807, 2.05) is 24.3 Å². The molecule has 2 rings (SSSR count). The number of carbonyl (C=O) groups is 2. The molecular weight excluding hydrogens is 334 g/mol. The highest BCUT2D eigenvalue weighted by Crippen LogP contribution is 2.20. The van der Waals surface area contributed by atoms with Crippen LogP contribution in [0.5, 0.6) is 5.75 Å². The van der Waals surface area contributed by atoms with E-state index in [0.29, 0.717) is 13.1 Å². The summed E-state index contributed by atoms with van der Waals surface area (Å²) in [6, 6.07) is 7.28. The number of methoxy groups -OCH3 is 1. The summed E-state index contributed by atoms with van der Waals surface area (Å²) >= 11 is 0. The van der Waals surface area contributed by atoms with Crippen LogP contribution in [0.4, 0.5) is 10.5 Å². The van der Waals surface area contributed by atoms with Gasteiger partial charge < -0.3 is 24.6 Å². The lowest BCUT2D eigenvalue weighted by Gasteiger charge is -2.37. The number of hydrogen-bond donors (Lipinski definition) is 1. The maximum Gasteiger partial charge on any atom is 0.408 e. The number of carbonyl (C=O) groups excluding carboxylic acids is 2. The maximum atomic E-state index is 12.5. The Hall–Kier alpha value is -2.44. The fraction of sp³-hybridized carbons (Fsp3) is 0.579. The lowest BCUT2D eigenvalue weighted by molar-refractivity contribution is -0.133. The van der Waals surface area contributed by atoms with Crippen molar-refractivity contribution in [3.05, 3.63) is 24.3 Å². The minimum Gasteiger partial charge on any atom is -0.497 e. The van der Waals surface area contributed by atoms with Gasteiger partial charge in [0.25, 0.3) is 0 Å². The first-order chi connectivity index (χ1) is 12.2. The van der Waals surface area contributed by atoms with Crippen molar-refractivity contribution in [2.24, 2.45) is 0 Å². The Balaban J connectivity index is 1.84. The van der Waals surface area contributed by atoms with Gasteiger partial charge >= 0.3 is 6.09 Å². The maximum absolute atomic E-state index is 12.5. The van der Waals surface area contributed by atoms with Crippen LogP contribution in [0.1, 0.15) is 27.7 Å². The third-order valence-electron chi connectivity index (χ3n) is 4.13. The molecule has 1 atom stereocenters. The molecule has 0 radical (unpaired) electrons. The summed E-state index contributed by atoms with van der Waals surface area (Å²) in [6.07, 6.45) is -0.574. The molecule has 1 aliphatic heterocycles. The average molecular weight is 363 g/mol. The Morgan fingerprint density at radius 1 is 1.08 bits per heavy atom. The molecule has 7 nitrogen and oxygen atoms in total. The summed E-state index contributed by atoms with van der Waals surface area (Å²) in [5, 5.41) is 2.61. The second kappa shape index (κ2) is 8.29. The van der Waals surface area contributed by atoms with Crippen molar-refractivity contribution < 1.29 is 19.1 Å². The molecule has 1 fully saturated rings. The van der Waals surface area contributed by atoms with E-state index in [-0.39, 0.29) is 5.91 Å². The summed E-state index contributed by atoms with van der Waals surface area (Å²) in [7, 11) is 1.64. The van der Waals surface area contributed by atoms with E-state index < -0.39 is 17.7 Å². The SMILES string of the molecule is COc1ccc(N2CCN(C(=O)[C@@H](C)NC(=O)OC(C)(C)C)CC2)cc1. The van der Waals surface area contributed by atoms with Gasteiger partial charge in [-0.2, -0.15) is 0 Å². The minimum atomic E-state index is -0.614. The molecule has 0 spiro atoms. The standard InChI is InChI=1S/C19H29N3O4/c1-14(20-18(24)26-19(2,3)4)17(23)22-12-10-21(11-13-22)15-6-8-16(25-5)9-7-15/h6-9,14H,10-13H2,1-5H3,(H,20,24)/t14-/m1/s1. The van der Waals surface area contributed by atoms with Crippen molar-refractivity contribution in [1.29, 1.82) is 0 Å². The van der Waals surface area contributed by atoms with Gasteiger partial charge in [0.15, 0.2) is 0 Å². The number of rotatable bonds is 4. The quantitative estimate of drug-likeness (QED) is 0.888. The molecule has 1 aromatic carbocycles. The summed E-state index contributed by atoms with van der Waals surface area (Å²) in [5.41, 5.74) is 0.523. The van der Waals surface area contributed by atoms with Crippen LogP contribution in [0, 0.1) is 0 Å². The first kappa shape index (κ1) is 19.9. The molecule has 7 heteroatoms. The van der Waals surface area contributed by atoms with E-state index >= 15 is 0 Å². The van der Waals surface area contributed by atoms with Gasteiger partial charge in [-0.3, -0.25) is 4.79 Å². The van der Waals surface area contributed by atoms with Crippen molar-refractivity contribution in [2.45, 2.75) is 39.3 Å². The van der Waals surface area contributed by atoms with Gasteiger partial charge in [-0.05, 0) is 52.0 Å². The van der Waals surface area contributed by atoms with Crippen molar-refractivity contribution in [2.75, 3.05) is 38.2 Å². The van der Waals surface area contributed by atoms with Crippen molar-refractivity contribution in [3.63, 3.8) is 0 Å². The van der Waals surface area contributed by atoms with Gasteiger partial charge in [0.05, 0.1) is 7.11 Å². The highest BCUT2D eigenvalue weighted by Gasteiger charge is 2.27. The first-order valence-corrected chi connectivity index (χ1v) is 8.87. The Kier molecular flexibility index (Phi) is 6.34. The molecule has 1 heterocycles. The van der Waals surface area contributed by atoms with Crippen LogP contribution in [0.3, 0.4) is 0 Å². The van der Waals surface area contributed by atoms with Crippen molar-refractivity contribution in [3.8, 4) is 5.75 Å². The zero-order valence-corrected chi connectivity index (χ0v) is 16.2. The van der Waals surface area contributed by atoms with Gasteiger partial charge in [-0.15, -0.1) is 0 Å². The van der Waals surface area contributed by atoms with Crippen LogP contribution < -0.4 is 15.0 Å². The lowest BCUT2D eigenvalue weighted by Crippen LogP contribution is -2.54. The molecule has 0 saturated carbocycles. The predicted octanol–water partition coefficient (Wildman–Crippen LogP) is 2.26. The van der Waals surface area contributed by atoms with Crippen LogP contribution in [0.2, 0.25) is 0 Å². The number of nitrogens with one attached hydrogen (secondary N) is 1. The zero-order valence-electron chi connectivity index (χ0n) is 16.2. The molecule has 144 valence electrons. The van der Waals surface area contributed by atoms with E-state index in [2.05, 4.69) is 10.2 Å². The van der Waals surface area contributed by atoms with Crippen LogP contribution in [0.25, 0.3) is 0 Å². The van der Waals surface area contributed by atoms with Gasteiger partial charge in [-0.25, -0.2) is 4.79 Å². The highest BCUT2D eigenvalue weighted by molar-refractivity contribution is 5.85. The average Bonchev–Trinajstić information content (AvgIpc) is 2.59. The molecule has 1 saturated heterocycles. The lowest BCUT2D eigenvalue weighted by atomic mass is 10.2. The number of benzene rings is 1. The summed E-state index contributed by atoms with van der Waals surface area (Å²) in [5.74, 6) is 0.731.